The summed E-state index contributed by atoms with van der Waals surface area (Å²) in [5.74, 6) is 0.352. The van der Waals surface area contributed by atoms with E-state index in [2.05, 4.69) is 10.2 Å². The zero-order valence-corrected chi connectivity index (χ0v) is 21.7. The molecule has 0 radical (unpaired) electrons. The molecule has 36 heavy (non-hydrogen) atoms. The molecule has 1 fully saturated rings. The summed E-state index contributed by atoms with van der Waals surface area (Å²) in [5.41, 5.74) is 1.47. The fourth-order valence-corrected chi connectivity index (χ4v) is 4.58. The Morgan fingerprint density at radius 1 is 1.08 bits per heavy atom. The number of hydrogen-bond acceptors (Lipinski definition) is 8. The fraction of sp³-hybridized carbons (Fsp3) is 0.560. The van der Waals surface area contributed by atoms with Gasteiger partial charge in [-0.2, -0.15) is 0 Å². The Balaban J connectivity index is 2.00. The van der Waals surface area contributed by atoms with E-state index in [9.17, 15) is 14.4 Å². The van der Waals surface area contributed by atoms with Gasteiger partial charge in [0.15, 0.2) is 11.5 Å². The van der Waals surface area contributed by atoms with Gasteiger partial charge in [0.2, 0.25) is 5.91 Å². The van der Waals surface area contributed by atoms with Crippen LogP contribution in [0.1, 0.15) is 24.9 Å². The van der Waals surface area contributed by atoms with Crippen molar-refractivity contribution in [2.75, 3.05) is 74.3 Å². The van der Waals surface area contributed by atoms with E-state index in [4.69, 9.17) is 18.9 Å². The molecule has 1 aromatic rings. The number of likely N-dealkylation sites (N-methyl/N-ethyl adjacent to an activating group) is 1. The molecule has 2 aliphatic rings. The largest absolute Gasteiger partial charge is 0.493 e. The zero-order valence-electron chi connectivity index (χ0n) is 21.7. The van der Waals surface area contributed by atoms with Gasteiger partial charge in [-0.3, -0.25) is 14.6 Å². The van der Waals surface area contributed by atoms with Crippen LogP contribution in [-0.4, -0.2) is 107 Å². The average molecular weight is 505 g/mol. The van der Waals surface area contributed by atoms with Crippen molar-refractivity contribution in [3.63, 3.8) is 0 Å². The molecule has 0 spiro atoms. The highest BCUT2D eigenvalue weighted by molar-refractivity contribution is 5.95. The number of ether oxygens (including phenoxy) is 4. The van der Waals surface area contributed by atoms with E-state index in [-0.39, 0.29) is 25.2 Å². The van der Waals surface area contributed by atoms with Crippen molar-refractivity contribution in [3.05, 3.63) is 35.0 Å². The summed E-state index contributed by atoms with van der Waals surface area (Å²) in [7, 11) is 6.18. The second-order valence-electron chi connectivity index (χ2n) is 8.55. The lowest BCUT2D eigenvalue weighted by Gasteiger charge is -2.37. The number of esters is 1. The molecule has 1 atom stereocenters. The maximum absolute atomic E-state index is 13.3. The minimum Gasteiger partial charge on any atom is -0.493 e. The van der Waals surface area contributed by atoms with Crippen LogP contribution < -0.4 is 14.8 Å². The van der Waals surface area contributed by atoms with Gasteiger partial charge in [0.25, 0.3) is 0 Å². The van der Waals surface area contributed by atoms with Crippen LogP contribution in [-0.2, 0) is 19.1 Å². The molecule has 0 bridgehead atoms. The first-order valence-electron chi connectivity index (χ1n) is 12.0. The molecule has 1 N–H and O–H groups in total. The van der Waals surface area contributed by atoms with E-state index >= 15 is 0 Å². The quantitative estimate of drug-likeness (QED) is 0.503. The number of urea groups is 1. The normalized spacial score (nSPS) is 19.0. The smallest absolute Gasteiger partial charge is 0.338 e. The first kappa shape index (κ1) is 27.3. The Kier molecular flexibility index (Phi) is 9.54. The SMILES string of the molecule is CCOC(=O)C1=C(CN2CCCN(C(=O)COC)CC2)N(C)C(=O)NC1c1cccc(OC)c1OC. The minimum absolute atomic E-state index is 0.0467. The van der Waals surface area contributed by atoms with Crippen molar-refractivity contribution >= 4 is 17.9 Å². The minimum atomic E-state index is -0.792. The Bertz CT molecular complexity index is 997. The van der Waals surface area contributed by atoms with Gasteiger partial charge < -0.3 is 29.2 Å². The molecule has 11 nitrogen and oxygen atoms in total. The second-order valence-corrected chi connectivity index (χ2v) is 8.55. The summed E-state index contributed by atoms with van der Waals surface area (Å²) in [5, 5.41) is 2.92. The highest BCUT2D eigenvalue weighted by Gasteiger charge is 2.39. The molecule has 2 aliphatic heterocycles. The van der Waals surface area contributed by atoms with Crippen LogP contribution >= 0.6 is 0 Å². The molecule has 1 aromatic carbocycles. The lowest BCUT2D eigenvalue weighted by atomic mass is 9.93. The number of methoxy groups -OCH3 is 3. The third kappa shape index (κ3) is 5.90. The molecule has 3 rings (SSSR count). The van der Waals surface area contributed by atoms with E-state index < -0.39 is 12.0 Å². The molecule has 2 heterocycles. The van der Waals surface area contributed by atoms with Crippen molar-refractivity contribution in [3.8, 4) is 11.5 Å². The predicted octanol–water partition coefficient (Wildman–Crippen LogP) is 1.40. The second kappa shape index (κ2) is 12.6. The van der Waals surface area contributed by atoms with Crippen molar-refractivity contribution in [2.45, 2.75) is 19.4 Å². The summed E-state index contributed by atoms with van der Waals surface area (Å²) in [6.45, 7) is 4.78. The molecule has 0 aromatic heterocycles. The highest BCUT2D eigenvalue weighted by atomic mass is 16.5. The third-order valence-electron chi connectivity index (χ3n) is 6.40. The van der Waals surface area contributed by atoms with Crippen LogP contribution in [0, 0.1) is 0 Å². The summed E-state index contributed by atoms with van der Waals surface area (Å²) in [4.78, 5) is 44.0. The van der Waals surface area contributed by atoms with Gasteiger partial charge in [0.1, 0.15) is 6.61 Å². The molecule has 0 aliphatic carbocycles. The molecule has 3 amide bonds. The summed E-state index contributed by atoms with van der Waals surface area (Å²) in [6, 6.07) is 4.19. The summed E-state index contributed by atoms with van der Waals surface area (Å²) >= 11 is 0. The Morgan fingerprint density at radius 3 is 2.53 bits per heavy atom. The Morgan fingerprint density at radius 2 is 1.86 bits per heavy atom. The predicted molar refractivity (Wildman–Crippen MR) is 132 cm³/mol. The van der Waals surface area contributed by atoms with Gasteiger partial charge in [-0.15, -0.1) is 0 Å². The number of hydrogen-bond donors (Lipinski definition) is 1. The number of benzene rings is 1. The number of nitrogens with zero attached hydrogens (tertiary/aromatic N) is 3. The van der Waals surface area contributed by atoms with E-state index in [1.807, 2.05) is 0 Å². The topological polar surface area (TPSA) is 110 Å². The van der Waals surface area contributed by atoms with Crippen LogP contribution in [0.25, 0.3) is 0 Å². The van der Waals surface area contributed by atoms with Crippen LogP contribution in [0.15, 0.2) is 29.5 Å². The van der Waals surface area contributed by atoms with Gasteiger partial charge >= 0.3 is 12.0 Å². The molecule has 0 saturated carbocycles. The maximum Gasteiger partial charge on any atom is 0.338 e. The van der Waals surface area contributed by atoms with Gasteiger partial charge in [-0.1, -0.05) is 12.1 Å². The highest BCUT2D eigenvalue weighted by Crippen LogP contribution is 2.40. The molecule has 11 heteroatoms. The number of rotatable bonds is 9. The first-order valence-corrected chi connectivity index (χ1v) is 12.0. The van der Waals surface area contributed by atoms with Gasteiger partial charge in [-0.05, 0) is 19.4 Å². The number of nitrogens with one attached hydrogen (secondary N) is 1. The number of carbonyl (C=O) groups excluding carboxylic acids is 3. The molecule has 198 valence electrons. The maximum atomic E-state index is 13.3. The van der Waals surface area contributed by atoms with E-state index in [0.717, 1.165) is 6.42 Å². The molecule has 1 saturated heterocycles. The number of carbonyl (C=O) groups is 3. The van der Waals surface area contributed by atoms with Crippen molar-refractivity contribution in [1.29, 1.82) is 0 Å². The van der Waals surface area contributed by atoms with E-state index in [1.54, 1.807) is 37.1 Å². The summed E-state index contributed by atoms with van der Waals surface area (Å²) in [6.07, 6.45) is 0.764. The van der Waals surface area contributed by atoms with Gasteiger partial charge in [0, 0.05) is 58.1 Å². The Labute approximate surface area is 211 Å². The molecular formula is C25H36N4O7. The Hall–Kier alpha value is -3.31. The summed E-state index contributed by atoms with van der Waals surface area (Å²) < 4.78 is 21.5. The lowest BCUT2D eigenvalue weighted by Crippen LogP contribution is -2.49. The van der Waals surface area contributed by atoms with Crippen LogP contribution in [0.3, 0.4) is 0 Å². The van der Waals surface area contributed by atoms with E-state index in [0.29, 0.717) is 61.1 Å². The van der Waals surface area contributed by atoms with Crippen LogP contribution in [0.4, 0.5) is 4.79 Å². The monoisotopic (exact) mass is 504 g/mol. The van der Waals surface area contributed by atoms with Crippen molar-refractivity contribution < 1.29 is 33.3 Å². The van der Waals surface area contributed by atoms with Crippen molar-refractivity contribution in [2.24, 2.45) is 0 Å². The number of para-hydroxylation sites is 1. The van der Waals surface area contributed by atoms with Crippen LogP contribution in [0.2, 0.25) is 0 Å². The van der Waals surface area contributed by atoms with Gasteiger partial charge in [0.05, 0.1) is 32.4 Å². The lowest BCUT2D eigenvalue weighted by molar-refractivity contribution is -0.139. The first-order chi connectivity index (χ1) is 17.4. The van der Waals surface area contributed by atoms with E-state index in [1.165, 1.54) is 26.2 Å². The third-order valence-corrected chi connectivity index (χ3v) is 6.40. The standard InChI is InChI=1S/C25H36N4O7/c1-6-36-24(31)21-18(15-28-11-8-12-29(14-13-28)20(30)16-33-3)27(2)25(32)26-22(21)17-9-7-10-19(34-4)23(17)35-5/h7,9-10,22H,6,8,11-16H2,1-5H3,(H,26,32). The number of amides is 3. The average Bonchev–Trinajstić information content (AvgIpc) is 3.12. The van der Waals surface area contributed by atoms with Crippen molar-refractivity contribution in [1.82, 2.24) is 20.0 Å². The molecule has 1 unspecified atom stereocenters. The fourth-order valence-electron chi connectivity index (χ4n) is 4.58. The zero-order chi connectivity index (χ0) is 26.2. The molecular weight excluding hydrogens is 468 g/mol. The van der Waals surface area contributed by atoms with Gasteiger partial charge in [-0.25, -0.2) is 9.59 Å². The van der Waals surface area contributed by atoms with Crippen LogP contribution in [0.5, 0.6) is 11.5 Å².